The van der Waals surface area contributed by atoms with E-state index in [0.29, 0.717) is 0 Å². The summed E-state index contributed by atoms with van der Waals surface area (Å²) in [5, 5.41) is 0. The van der Waals surface area contributed by atoms with Crippen LogP contribution in [0.1, 0.15) is 23.5 Å². The fraction of sp³-hybridized carbons (Fsp3) is 0.348. The van der Waals surface area contributed by atoms with E-state index in [1.54, 1.807) is 0 Å². The van der Waals surface area contributed by atoms with Crippen molar-refractivity contribution in [1.29, 1.82) is 0 Å². The molecule has 0 aromatic heterocycles. The zero-order valence-electron chi connectivity index (χ0n) is 17.0. The number of hydrogen-bond donors (Lipinski definition) is 0. The zero-order chi connectivity index (χ0) is 21.5. The molecule has 1 aliphatic heterocycles. The van der Waals surface area contributed by atoms with E-state index >= 15 is 0 Å². The molecule has 0 aliphatic carbocycles. The average Bonchev–Trinajstić information content (AvgIpc) is 3.17. The Hall–Kier alpha value is -3.35. The van der Waals surface area contributed by atoms with E-state index in [2.05, 4.69) is 0 Å². The Bertz CT molecular complexity index is 870. The maximum absolute atomic E-state index is 12.9. The van der Waals surface area contributed by atoms with E-state index in [0.717, 1.165) is 11.1 Å². The van der Waals surface area contributed by atoms with E-state index < -0.39 is 30.0 Å². The van der Waals surface area contributed by atoms with E-state index in [9.17, 15) is 14.4 Å². The van der Waals surface area contributed by atoms with E-state index in [1.165, 1.54) is 19.1 Å². The van der Waals surface area contributed by atoms with Crippen molar-refractivity contribution in [1.82, 2.24) is 4.90 Å². The van der Waals surface area contributed by atoms with Crippen LogP contribution in [0, 0.1) is 5.92 Å². The summed E-state index contributed by atoms with van der Waals surface area (Å²) >= 11 is 0. The summed E-state index contributed by atoms with van der Waals surface area (Å²) < 4.78 is 15.3. The lowest BCUT2D eigenvalue weighted by Crippen LogP contribution is -2.44. The Balaban J connectivity index is 1.87. The van der Waals surface area contributed by atoms with E-state index in [1.807, 2.05) is 60.7 Å². The maximum atomic E-state index is 12.9. The highest BCUT2D eigenvalue weighted by atomic mass is 16.6. The maximum Gasteiger partial charge on any atom is 0.410 e. The van der Waals surface area contributed by atoms with Crippen molar-refractivity contribution in [2.75, 3.05) is 20.8 Å². The van der Waals surface area contributed by atoms with Crippen LogP contribution in [0.5, 0.6) is 0 Å². The standard InChI is InChI=1S/C23H25NO6/c1-28-20(25)13-18-19(17-11-7-4-8-12-17)14-24(21(18)22(26)29-2)23(27)30-15-16-9-5-3-6-10-16/h3-12,18-19,21H,13-15H2,1-2H3/t18-,19+,21+/m0/s1. The molecule has 3 atom stereocenters. The number of hydrogen-bond acceptors (Lipinski definition) is 6. The van der Waals surface area contributed by atoms with Crippen LogP contribution in [-0.4, -0.2) is 49.7 Å². The third kappa shape index (κ3) is 4.79. The highest BCUT2D eigenvalue weighted by Gasteiger charge is 2.50. The lowest BCUT2D eigenvalue weighted by Gasteiger charge is -2.25. The molecule has 158 valence electrons. The van der Waals surface area contributed by atoms with Crippen molar-refractivity contribution >= 4 is 18.0 Å². The molecule has 1 saturated heterocycles. The molecule has 0 N–H and O–H groups in total. The van der Waals surface area contributed by atoms with Gasteiger partial charge >= 0.3 is 18.0 Å². The Kier molecular flexibility index (Phi) is 7.06. The number of benzene rings is 2. The SMILES string of the molecule is COC(=O)C[C@H]1[C@@H](c2ccccc2)CN(C(=O)OCc2ccccc2)[C@H]1C(=O)OC. The molecule has 0 radical (unpaired) electrons. The van der Waals surface area contributed by atoms with Crippen LogP contribution < -0.4 is 0 Å². The number of methoxy groups -OCH3 is 2. The predicted molar refractivity (Wildman–Crippen MR) is 108 cm³/mol. The van der Waals surface area contributed by atoms with Crippen molar-refractivity contribution in [3.8, 4) is 0 Å². The quantitative estimate of drug-likeness (QED) is 0.537. The summed E-state index contributed by atoms with van der Waals surface area (Å²) in [6.45, 7) is 0.320. The third-order valence-corrected chi connectivity index (χ3v) is 5.39. The lowest BCUT2D eigenvalue weighted by atomic mass is 9.83. The largest absolute Gasteiger partial charge is 0.469 e. The molecule has 1 aliphatic rings. The minimum Gasteiger partial charge on any atom is -0.469 e. The molecule has 7 heteroatoms. The van der Waals surface area contributed by atoms with Gasteiger partial charge in [0, 0.05) is 18.4 Å². The zero-order valence-corrected chi connectivity index (χ0v) is 17.0. The number of carbonyl (C=O) groups is 3. The van der Waals surface area contributed by atoms with Crippen LogP contribution >= 0.6 is 0 Å². The molecule has 0 unspecified atom stereocenters. The molecule has 1 amide bonds. The van der Waals surface area contributed by atoms with Crippen LogP contribution in [0.2, 0.25) is 0 Å². The van der Waals surface area contributed by atoms with Gasteiger partial charge in [0.1, 0.15) is 12.6 Å². The first-order chi connectivity index (χ1) is 14.5. The first-order valence-electron chi connectivity index (χ1n) is 9.72. The van der Waals surface area contributed by atoms with Gasteiger partial charge in [-0.3, -0.25) is 9.69 Å². The topological polar surface area (TPSA) is 82.1 Å². The molecular weight excluding hydrogens is 386 g/mol. The summed E-state index contributed by atoms with van der Waals surface area (Å²) in [5.41, 5.74) is 1.77. The van der Waals surface area contributed by atoms with Gasteiger partial charge in [-0.2, -0.15) is 0 Å². The lowest BCUT2D eigenvalue weighted by molar-refractivity contribution is -0.148. The fourth-order valence-corrected chi connectivity index (χ4v) is 3.91. The van der Waals surface area contributed by atoms with Gasteiger partial charge < -0.3 is 14.2 Å². The highest BCUT2D eigenvalue weighted by Crippen LogP contribution is 2.40. The van der Waals surface area contributed by atoms with Crippen molar-refractivity contribution in [3.63, 3.8) is 0 Å². The monoisotopic (exact) mass is 411 g/mol. The van der Waals surface area contributed by atoms with Gasteiger partial charge in [0.05, 0.1) is 20.6 Å². The van der Waals surface area contributed by atoms with Gasteiger partial charge in [-0.05, 0) is 11.1 Å². The molecule has 0 saturated carbocycles. The molecule has 2 aromatic carbocycles. The van der Waals surface area contributed by atoms with Crippen LogP contribution in [0.4, 0.5) is 4.79 Å². The third-order valence-electron chi connectivity index (χ3n) is 5.39. The molecule has 0 bridgehead atoms. The fourth-order valence-electron chi connectivity index (χ4n) is 3.91. The first kappa shape index (κ1) is 21.4. The van der Waals surface area contributed by atoms with Gasteiger partial charge in [-0.25, -0.2) is 9.59 Å². The number of rotatable bonds is 6. The summed E-state index contributed by atoms with van der Waals surface area (Å²) in [6, 6.07) is 17.8. The highest BCUT2D eigenvalue weighted by molar-refractivity contribution is 5.84. The Morgan fingerprint density at radius 2 is 1.57 bits per heavy atom. The summed E-state index contributed by atoms with van der Waals surface area (Å²) in [4.78, 5) is 39.0. The van der Waals surface area contributed by atoms with Gasteiger partial charge in [-0.15, -0.1) is 0 Å². The number of carbonyl (C=O) groups excluding carboxylic acids is 3. The summed E-state index contributed by atoms with van der Waals surface area (Å²) in [7, 11) is 2.56. The van der Waals surface area contributed by atoms with Crippen LogP contribution in [-0.2, 0) is 30.4 Å². The van der Waals surface area contributed by atoms with Crippen LogP contribution in [0.15, 0.2) is 60.7 Å². The minimum atomic E-state index is -0.942. The molecule has 30 heavy (non-hydrogen) atoms. The normalized spacial score (nSPS) is 20.5. The Morgan fingerprint density at radius 3 is 2.17 bits per heavy atom. The molecule has 1 heterocycles. The Morgan fingerprint density at radius 1 is 0.933 bits per heavy atom. The number of ether oxygens (including phenoxy) is 3. The van der Waals surface area contributed by atoms with Crippen LogP contribution in [0.3, 0.4) is 0 Å². The molecule has 3 rings (SSSR count). The predicted octanol–water partition coefficient (Wildman–Crippen LogP) is 3.14. The van der Waals surface area contributed by atoms with Gasteiger partial charge in [0.15, 0.2) is 0 Å². The minimum absolute atomic E-state index is 0.0156. The second-order valence-electron chi connectivity index (χ2n) is 7.12. The first-order valence-corrected chi connectivity index (χ1v) is 9.72. The van der Waals surface area contributed by atoms with Gasteiger partial charge in [0.2, 0.25) is 0 Å². The molecule has 0 spiro atoms. The number of amides is 1. The average molecular weight is 411 g/mol. The second-order valence-corrected chi connectivity index (χ2v) is 7.12. The molecule has 1 fully saturated rings. The Labute approximate surface area is 175 Å². The molecule has 7 nitrogen and oxygen atoms in total. The van der Waals surface area contributed by atoms with Crippen molar-refractivity contribution in [2.24, 2.45) is 5.92 Å². The van der Waals surface area contributed by atoms with Gasteiger partial charge in [0.25, 0.3) is 0 Å². The van der Waals surface area contributed by atoms with Crippen molar-refractivity contribution < 1.29 is 28.6 Å². The summed E-state index contributed by atoms with van der Waals surface area (Å²) in [5.74, 6) is -1.76. The summed E-state index contributed by atoms with van der Waals surface area (Å²) in [6.07, 6.45) is -0.638. The van der Waals surface area contributed by atoms with Crippen molar-refractivity contribution in [3.05, 3.63) is 71.8 Å². The van der Waals surface area contributed by atoms with E-state index in [4.69, 9.17) is 14.2 Å². The number of esters is 2. The van der Waals surface area contributed by atoms with Crippen molar-refractivity contribution in [2.45, 2.75) is 25.0 Å². The second kappa shape index (κ2) is 9.91. The number of nitrogens with zero attached hydrogens (tertiary/aromatic N) is 1. The smallest absolute Gasteiger partial charge is 0.410 e. The molecular formula is C23H25NO6. The number of likely N-dealkylation sites (tertiary alicyclic amines) is 1. The molecule has 2 aromatic rings. The van der Waals surface area contributed by atoms with Crippen LogP contribution in [0.25, 0.3) is 0 Å². The van der Waals surface area contributed by atoms with Gasteiger partial charge in [-0.1, -0.05) is 60.7 Å². The van der Waals surface area contributed by atoms with E-state index in [-0.39, 0.29) is 25.5 Å².